The summed E-state index contributed by atoms with van der Waals surface area (Å²) < 4.78 is 33.3. The van der Waals surface area contributed by atoms with E-state index in [9.17, 15) is 19.4 Å². The predicted octanol–water partition coefficient (Wildman–Crippen LogP) is 11.4. The van der Waals surface area contributed by atoms with E-state index in [1.54, 1.807) is 0 Å². The Morgan fingerprint density at radius 2 is 1.06 bits per heavy atom. The molecule has 0 aliphatic rings. The number of carbonyl (C=O) groups is 1. The third-order valence-electron chi connectivity index (χ3n) is 8.72. The third-order valence-corrected chi connectivity index (χ3v) is 9.67. The summed E-state index contributed by atoms with van der Waals surface area (Å²) in [5, 5.41) is 18.3. The smallest absolute Gasteiger partial charge is 0.457 e. The SMILES string of the molecule is CCC/C=C\C/C=C\CCCCCCCCOCC(COP(=O)(O)OCC(O)CO)OC(=O)CCCCCCCCC/C=C\C/C=C\CCCCCC. The van der Waals surface area contributed by atoms with Crippen LogP contribution in [0.15, 0.2) is 48.6 Å². The number of hydrogen-bond acceptors (Lipinski definition) is 8. The molecule has 0 aliphatic carbocycles. The fourth-order valence-corrected chi connectivity index (χ4v) is 6.27. The molecule has 3 N–H and O–H groups in total. The van der Waals surface area contributed by atoms with E-state index in [2.05, 4.69) is 62.5 Å². The number of allylic oxidation sites excluding steroid dienone is 8. The minimum atomic E-state index is -4.52. The highest BCUT2D eigenvalue weighted by Crippen LogP contribution is 2.43. The average molecular weight is 771 g/mol. The van der Waals surface area contributed by atoms with E-state index in [1.165, 1.54) is 77.0 Å². The van der Waals surface area contributed by atoms with Crippen molar-refractivity contribution >= 4 is 13.8 Å². The third kappa shape index (κ3) is 39.9. The second-order valence-electron chi connectivity index (χ2n) is 14.0. The highest BCUT2D eigenvalue weighted by Gasteiger charge is 2.26. The van der Waals surface area contributed by atoms with Gasteiger partial charge in [0.15, 0.2) is 0 Å². The molecule has 0 rings (SSSR count). The maximum Gasteiger partial charge on any atom is 0.472 e. The topological polar surface area (TPSA) is 132 Å². The van der Waals surface area contributed by atoms with Crippen molar-refractivity contribution in [2.45, 2.75) is 187 Å². The van der Waals surface area contributed by atoms with Crippen LogP contribution in [-0.4, -0.2) is 66.3 Å². The summed E-state index contributed by atoms with van der Waals surface area (Å²) in [5.41, 5.74) is 0. The Labute approximate surface area is 324 Å². The summed E-state index contributed by atoms with van der Waals surface area (Å²) in [6.07, 6.45) is 43.5. The normalized spacial score (nSPS) is 14.6. The quantitative estimate of drug-likeness (QED) is 0.0241. The lowest BCUT2D eigenvalue weighted by Gasteiger charge is -2.20. The van der Waals surface area contributed by atoms with Crippen molar-refractivity contribution < 1.29 is 43.0 Å². The number of rotatable bonds is 40. The van der Waals surface area contributed by atoms with E-state index in [1.807, 2.05) is 0 Å². The number of unbranched alkanes of at least 4 members (excludes halogenated alkanes) is 18. The summed E-state index contributed by atoms with van der Waals surface area (Å²) in [6.45, 7) is 3.40. The van der Waals surface area contributed by atoms with Gasteiger partial charge in [0, 0.05) is 13.0 Å². The predicted molar refractivity (Wildman–Crippen MR) is 219 cm³/mol. The lowest BCUT2D eigenvalue weighted by Crippen LogP contribution is -2.29. The molecule has 0 saturated carbocycles. The number of carbonyl (C=O) groups excluding carboxylic acids is 1. The van der Waals surface area contributed by atoms with E-state index < -0.39 is 39.2 Å². The first kappa shape index (κ1) is 51.4. The molecule has 0 aliphatic heterocycles. The van der Waals surface area contributed by atoms with E-state index in [0.29, 0.717) is 6.61 Å². The Morgan fingerprint density at radius 3 is 1.58 bits per heavy atom. The largest absolute Gasteiger partial charge is 0.472 e. The molecule has 3 atom stereocenters. The number of ether oxygens (including phenoxy) is 2. The minimum Gasteiger partial charge on any atom is -0.457 e. The molecule has 0 amide bonds. The van der Waals surface area contributed by atoms with Gasteiger partial charge in [-0.05, 0) is 70.6 Å². The van der Waals surface area contributed by atoms with Gasteiger partial charge in [-0.2, -0.15) is 0 Å². The molecule has 53 heavy (non-hydrogen) atoms. The summed E-state index contributed by atoms with van der Waals surface area (Å²) >= 11 is 0. The molecule has 0 aromatic heterocycles. The van der Waals surface area contributed by atoms with Crippen LogP contribution in [-0.2, 0) is 27.9 Å². The molecule has 310 valence electrons. The lowest BCUT2D eigenvalue weighted by atomic mass is 10.1. The molecule has 0 aromatic carbocycles. The van der Waals surface area contributed by atoms with Crippen LogP contribution in [0.3, 0.4) is 0 Å². The minimum absolute atomic E-state index is 0.0377. The zero-order valence-electron chi connectivity index (χ0n) is 33.7. The second kappa shape index (κ2) is 40.1. The second-order valence-corrected chi connectivity index (χ2v) is 15.5. The van der Waals surface area contributed by atoms with Gasteiger partial charge in [0.1, 0.15) is 12.2 Å². The first-order valence-corrected chi connectivity index (χ1v) is 22.6. The zero-order valence-corrected chi connectivity index (χ0v) is 34.6. The van der Waals surface area contributed by atoms with Gasteiger partial charge in [0.05, 0.1) is 26.4 Å². The fraction of sp³-hybridized carbons (Fsp3) is 0.791. The number of phosphoric ester groups is 1. The summed E-state index contributed by atoms with van der Waals surface area (Å²) in [7, 11) is -4.52. The van der Waals surface area contributed by atoms with Crippen molar-refractivity contribution in [3.8, 4) is 0 Å². The van der Waals surface area contributed by atoms with Crippen molar-refractivity contribution in [3.63, 3.8) is 0 Å². The fourth-order valence-electron chi connectivity index (χ4n) is 5.48. The highest BCUT2D eigenvalue weighted by atomic mass is 31.2. The number of aliphatic hydroxyl groups is 2. The average Bonchev–Trinajstić information content (AvgIpc) is 3.15. The molecule has 10 heteroatoms. The van der Waals surface area contributed by atoms with Gasteiger partial charge in [-0.15, -0.1) is 0 Å². The van der Waals surface area contributed by atoms with Crippen molar-refractivity contribution in [1.82, 2.24) is 0 Å². The number of hydrogen-bond donors (Lipinski definition) is 3. The number of aliphatic hydroxyl groups excluding tert-OH is 2. The highest BCUT2D eigenvalue weighted by molar-refractivity contribution is 7.47. The van der Waals surface area contributed by atoms with E-state index in [4.69, 9.17) is 23.6 Å². The van der Waals surface area contributed by atoms with Gasteiger partial charge in [-0.1, -0.05) is 146 Å². The molecule has 0 radical (unpaired) electrons. The Kier molecular flexibility index (Phi) is 38.9. The molecule has 9 nitrogen and oxygen atoms in total. The lowest BCUT2D eigenvalue weighted by molar-refractivity contribution is -0.154. The zero-order chi connectivity index (χ0) is 38.9. The first-order valence-electron chi connectivity index (χ1n) is 21.1. The van der Waals surface area contributed by atoms with Crippen LogP contribution >= 0.6 is 7.82 Å². The van der Waals surface area contributed by atoms with Crippen LogP contribution in [0.2, 0.25) is 0 Å². The van der Waals surface area contributed by atoms with Crippen LogP contribution < -0.4 is 0 Å². The molecular weight excluding hydrogens is 691 g/mol. The molecule has 0 spiro atoms. The molecule has 0 fully saturated rings. The first-order chi connectivity index (χ1) is 25.8. The molecule has 0 saturated heterocycles. The number of phosphoric acid groups is 1. The van der Waals surface area contributed by atoms with E-state index >= 15 is 0 Å². The Morgan fingerprint density at radius 1 is 0.585 bits per heavy atom. The Balaban J connectivity index is 4.21. The van der Waals surface area contributed by atoms with Crippen LogP contribution in [0.1, 0.15) is 174 Å². The monoisotopic (exact) mass is 771 g/mol. The van der Waals surface area contributed by atoms with Crippen molar-refractivity contribution in [3.05, 3.63) is 48.6 Å². The summed E-state index contributed by atoms with van der Waals surface area (Å²) in [5.74, 6) is -0.396. The van der Waals surface area contributed by atoms with Crippen molar-refractivity contribution in [1.29, 1.82) is 0 Å². The maximum atomic E-state index is 12.6. The van der Waals surface area contributed by atoms with Gasteiger partial charge in [-0.3, -0.25) is 13.8 Å². The van der Waals surface area contributed by atoms with Gasteiger partial charge >= 0.3 is 13.8 Å². The number of esters is 1. The van der Waals surface area contributed by atoms with Crippen LogP contribution in [0, 0.1) is 0 Å². The van der Waals surface area contributed by atoms with Crippen molar-refractivity contribution in [2.75, 3.05) is 33.0 Å². The Bertz CT molecular complexity index is 965. The van der Waals surface area contributed by atoms with Crippen LogP contribution in [0.25, 0.3) is 0 Å². The molecular formula is C43H79O9P. The van der Waals surface area contributed by atoms with Crippen molar-refractivity contribution in [2.24, 2.45) is 0 Å². The maximum absolute atomic E-state index is 12.6. The molecule has 0 heterocycles. The summed E-state index contributed by atoms with van der Waals surface area (Å²) in [6, 6.07) is 0. The van der Waals surface area contributed by atoms with Gasteiger partial charge < -0.3 is 24.6 Å². The van der Waals surface area contributed by atoms with Gasteiger partial charge in [-0.25, -0.2) is 4.57 Å². The van der Waals surface area contributed by atoms with Crippen LogP contribution in [0.4, 0.5) is 0 Å². The molecule has 0 bridgehead atoms. The molecule has 3 unspecified atom stereocenters. The standard InChI is InChI=1S/C43H79O9P/c1-3-5-7-9-11-13-15-17-19-20-21-22-23-25-27-29-31-33-35-43(46)52-42(40-51-53(47,48)50-38-41(45)37-44)39-49-36-34-32-30-28-26-24-18-16-14-12-10-8-6-4-2/h8,10,13-16,19-20,41-42,44-45H,3-7,9,11-12,17-18,21-40H2,1-2H3,(H,47,48)/b10-8-,15-13-,16-14-,20-19-. The summed E-state index contributed by atoms with van der Waals surface area (Å²) in [4.78, 5) is 22.6. The van der Waals surface area contributed by atoms with Gasteiger partial charge in [0.25, 0.3) is 0 Å². The Hall–Kier alpha value is -1.58. The van der Waals surface area contributed by atoms with E-state index in [0.717, 1.165) is 77.0 Å². The molecule has 0 aromatic rings. The van der Waals surface area contributed by atoms with Gasteiger partial charge in [0.2, 0.25) is 0 Å². The van der Waals surface area contributed by atoms with E-state index in [-0.39, 0.29) is 19.6 Å². The van der Waals surface area contributed by atoms with Crippen LogP contribution in [0.5, 0.6) is 0 Å².